The minimum absolute atomic E-state index is 0.0657. The number of aromatic nitrogens is 1. The van der Waals surface area contributed by atoms with E-state index >= 15 is 0 Å². The number of carbonyl (C=O) groups is 1. The number of nitro groups is 1. The summed E-state index contributed by atoms with van der Waals surface area (Å²) in [6, 6.07) is 1.90. The van der Waals surface area contributed by atoms with E-state index in [2.05, 4.69) is 15.2 Å². The average Bonchev–Trinajstić information content (AvgIpc) is 3.21. The molecule has 0 radical (unpaired) electrons. The predicted molar refractivity (Wildman–Crippen MR) is 73.9 cm³/mol. The number of pyridine rings is 1. The van der Waals surface area contributed by atoms with Crippen LogP contribution >= 0.6 is 11.6 Å². The van der Waals surface area contributed by atoms with Gasteiger partial charge in [-0.2, -0.15) is 0 Å². The highest BCUT2D eigenvalue weighted by atomic mass is 35.5. The molecule has 1 amide bonds. The third kappa shape index (κ3) is 3.43. The predicted octanol–water partition coefficient (Wildman–Crippen LogP) is 1.47. The minimum Gasteiger partial charge on any atom is -0.351 e. The quantitative estimate of drug-likeness (QED) is 0.488. The number of carbonyl (C=O) groups excluding carboxylic acids is 1. The molecule has 1 aliphatic rings. The lowest BCUT2D eigenvalue weighted by molar-refractivity contribution is -0.385. The molecule has 2 rings (SSSR count). The fourth-order valence-electron chi connectivity index (χ4n) is 1.92. The summed E-state index contributed by atoms with van der Waals surface area (Å²) in [5.74, 6) is -0.509. The van der Waals surface area contributed by atoms with Crippen molar-refractivity contribution in [3.63, 3.8) is 0 Å². The number of nitrogens with one attached hydrogen (secondary N) is 1. The summed E-state index contributed by atoms with van der Waals surface area (Å²) < 4.78 is 0. The Bertz CT molecular complexity index is 533. The molecule has 1 heterocycles. The fourth-order valence-corrected chi connectivity index (χ4v) is 2.15. The van der Waals surface area contributed by atoms with E-state index in [1.807, 2.05) is 7.05 Å². The van der Waals surface area contributed by atoms with Gasteiger partial charge in [0.1, 0.15) is 5.56 Å². The lowest BCUT2D eigenvalue weighted by Gasteiger charge is -2.15. The molecule has 20 heavy (non-hydrogen) atoms. The van der Waals surface area contributed by atoms with E-state index in [1.54, 1.807) is 0 Å². The molecule has 0 aromatic carbocycles. The first-order chi connectivity index (χ1) is 9.50. The second-order valence-corrected chi connectivity index (χ2v) is 5.08. The summed E-state index contributed by atoms with van der Waals surface area (Å²) in [7, 11) is 2.00. The van der Waals surface area contributed by atoms with Crippen molar-refractivity contribution in [2.75, 3.05) is 20.1 Å². The molecule has 0 saturated heterocycles. The molecule has 1 aliphatic carbocycles. The number of hydrogen-bond acceptors (Lipinski definition) is 5. The number of amides is 1. The van der Waals surface area contributed by atoms with E-state index in [0.717, 1.165) is 0 Å². The molecular formula is C12H15ClN4O3. The number of likely N-dealkylation sites (N-methyl/N-ethyl adjacent to an activating group) is 1. The van der Waals surface area contributed by atoms with Gasteiger partial charge in [-0.3, -0.25) is 14.9 Å². The topological polar surface area (TPSA) is 88.4 Å². The number of halogens is 1. The fraction of sp³-hybridized carbons (Fsp3) is 0.500. The normalized spacial score (nSPS) is 14.3. The van der Waals surface area contributed by atoms with E-state index in [0.29, 0.717) is 19.1 Å². The van der Waals surface area contributed by atoms with Gasteiger partial charge >= 0.3 is 5.69 Å². The largest absolute Gasteiger partial charge is 0.351 e. The minimum atomic E-state index is -0.694. The van der Waals surface area contributed by atoms with E-state index in [-0.39, 0.29) is 10.7 Å². The second kappa shape index (κ2) is 6.15. The van der Waals surface area contributed by atoms with Gasteiger partial charge in [0.2, 0.25) is 5.15 Å². The van der Waals surface area contributed by atoms with E-state index in [1.165, 1.54) is 25.1 Å². The summed E-state index contributed by atoms with van der Waals surface area (Å²) >= 11 is 5.66. The molecule has 8 heteroatoms. The SMILES string of the molecule is CN(CCNC(=O)c1ccnc(Cl)c1[N+](=O)[O-])C1CC1. The Kier molecular flexibility index (Phi) is 4.51. The summed E-state index contributed by atoms with van der Waals surface area (Å²) in [4.78, 5) is 28.0. The van der Waals surface area contributed by atoms with Gasteiger partial charge in [0.25, 0.3) is 5.91 Å². The Morgan fingerprint density at radius 3 is 2.95 bits per heavy atom. The highest BCUT2D eigenvalue weighted by molar-refractivity contribution is 6.32. The lowest BCUT2D eigenvalue weighted by atomic mass is 10.2. The number of hydrogen-bond donors (Lipinski definition) is 1. The van der Waals surface area contributed by atoms with Gasteiger partial charge in [0.05, 0.1) is 4.92 Å². The molecule has 1 saturated carbocycles. The molecule has 0 atom stereocenters. The Labute approximate surface area is 121 Å². The van der Waals surface area contributed by atoms with Crippen molar-refractivity contribution in [2.45, 2.75) is 18.9 Å². The van der Waals surface area contributed by atoms with Crippen LogP contribution in [0.4, 0.5) is 5.69 Å². The molecular weight excluding hydrogens is 284 g/mol. The van der Waals surface area contributed by atoms with Crippen LogP contribution in [0.1, 0.15) is 23.2 Å². The molecule has 0 aliphatic heterocycles. The number of nitrogens with zero attached hydrogens (tertiary/aromatic N) is 3. The first-order valence-electron chi connectivity index (χ1n) is 6.28. The third-order valence-electron chi connectivity index (χ3n) is 3.23. The highest BCUT2D eigenvalue weighted by Crippen LogP contribution is 2.26. The van der Waals surface area contributed by atoms with Gasteiger partial charge in [-0.1, -0.05) is 11.6 Å². The molecule has 1 fully saturated rings. The van der Waals surface area contributed by atoms with Crippen LogP contribution in [0.25, 0.3) is 0 Å². The van der Waals surface area contributed by atoms with Gasteiger partial charge in [0.15, 0.2) is 0 Å². The third-order valence-corrected chi connectivity index (χ3v) is 3.50. The maximum Gasteiger partial charge on any atom is 0.319 e. The molecule has 108 valence electrons. The Morgan fingerprint density at radius 2 is 2.35 bits per heavy atom. The smallest absolute Gasteiger partial charge is 0.319 e. The van der Waals surface area contributed by atoms with Crippen LogP contribution in [0.5, 0.6) is 0 Å². The summed E-state index contributed by atoms with van der Waals surface area (Å²) in [6.45, 7) is 1.14. The van der Waals surface area contributed by atoms with E-state index < -0.39 is 16.5 Å². The maximum atomic E-state index is 12.0. The highest BCUT2D eigenvalue weighted by Gasteiger charge is 2.27. The van der Waals surface area contributed by atoms with Crippen LogP contribution in [0.2, 0.25) is 5.15 Å². The van der Waals surface area contributed by atoms with Crippen LogP contribution in [0.15, 0.2) is 12.3 Å². The van der Waals surface area contributed by atoms with Crippen LogP contribution < -0.4 is 5.32 Å². The Hall–Kier alpha value is -1.73. The van der Waals surface area contributed by atoms with Crippen molar-refractivity contribution in [3.8, 4) is 0 Å². The summed E-state index contributed by atoms with van der Waals surface area (Å²) in [5, 5.41) is 13.3. The Balaban J connectivity index is 1.98. The van der Waals surface area contributed by atoms with Crippen molar-refractivity contribution in [1.29, 1.82) is 0 Å². The standard InChI is InChI=1S/C12H15ClN4O3/c1-16(8-2-3-8)7-6-15-12(18)9-4-5-14-11(13)10(9)17(19)20/h4-5,8H,2-3,6-7H2,1H3,(H,15,18). The maximum absolute atomic E-state index is 12.0. The molecule has 0 bridgehead atoms. The summed E-state index contributed by atoms with van der Waals surface area (Å²) in [6.07, 6.45) is 3.66. The zero-order chi connectivity index (χ0) is 14.7. The van der Waals surface area contributed by atoms with E-state index in [4.69, 9.17) is 11.6 Å². The molecule has 1 aromatic heterocycles. The molecule has 0 spiro atoms. The lowest BCUT2D eigenvalue weighted by Crippen LogP contribution is -2.34. The molecule has 7 nitrogen and oxygen atoms in total. The van der Waals surface area contributed by atoms with Crippen molar-refractivity contribution in [2.24, 2.45) is 0 Å². The van der Waals surface area contributed by atoms with Crippen LogP contribution in [-0.4, -0.2) is 46.9 Å². The van der Waals surface area contributed by atoms with Crippen molar-refractivity contribution >= 4 is 23.2 Å². The van der Waals surface area contributed by atoms with Crippen LogP contribution in [-0.2, 0) is 0 Å². The van der Waals surface area contributed by atoms with E-state index in [9.17, 15) is 14.9 Å². The molecule has 0 unspecified atom stereocenters. The Morgan fingerprint density at radius 1 is 1.65 bits per heavy atom. The van der Waals surface area contributed by atoms with Gasteiger partial charge in [-0.15, -0.1) is 0 Å². The monoisotopic (exact) mass is 298 g/mol. The van der Waals surface area contributed by atoms with Crippen LogP contribution in [0, 0.1) is 10.1 Å². The molecule has 1 N–H and O–H groups in total. The molecule has 1 aromatic rings. The summed E-state index contributed by atoms with van der Waals surface area (Å²) in [5.41, 5.74) is -0.522. The van der Waals surface area contributed by atoms with Gasteiger partial charge in [-0.25, -0.2) is 4.98 Å². The second-order valence-electron chi connectivity index (χ2n) is 4.72. The van der Waals surface area contributed by atoms with Gasteiger partial charge in [-0.05, 0) is 26.0 Å². The zero-order valence-electron chi connectivity index (χ0n) is 11.0. The number of rotatable bonds is 6. The first-order valence-corrected chi connectivity index (χ1v) is 6.66. The van der Waals surface area contributed by atoms with Crippen molar-refractivity contribution in [1.82, 2.24) is 15.2 Å². The average molecular weight is 299 g/mol. The van der Waals surface area contributed by atoms with Crippen molar-refractivity contribution < 1.29 is 9.72 Å². The van der Waals surface area contributed by atoms with Crippen LogP contribution in [0.3, 0.4) is 0 Å². The first kappa shape index (κ1) is 14.7. The van der Waals surface area contributed by atoms with Gasteiger partial charge < -0.3 is 10.2 Å². The van der Waals surface area contributed by atoms with Gasteiger partial charge in [0, 0.05) is 25.3 Å². The zero-order valence-corrected chi connectivity index (χ0v) is 11.8. The van der Waals surface area contributed by atoms with Crippen molar-refractivity contribution in [3.05, 3.63) is 33.1 Å².